The smallest absolute Gasteiger partial charge is 0.330 e. The van der Waals surface area contributed by atoms with Crippen LogP contribution in [0.3, 0.4) is 0 Å². The third-order valence-electron chi connectivity index (χ3n) is 0.588. The van der Waals surface area contributed by atoms with Crippen molar-refractivity contribution in [3.63, 3.8) is 0 Å². The van der Waals surface area contributed by atoms with Crippen LogP contribution in [0, 0.1) is 0 Å². The van der Waals surface area contributed by atoms with Crippen LogP contribution in [0.2, 0.25) is 0 Å². The lowest BCUT2D eigenvalue weighted by Gasteiger charge is -1.90. The number of carbonyl (C=O) groups excluding carboxylic acids is 1. The van der Waals surface area contributed by atoms with Gasteiger partial charge in [0, 0.05) is 11.8 Å². The van der Waals surface area contributed by atoms with Crippen molar-refractivity contribution >= 4 is 12.4 Å². The lowest BCUT2D eigenvalue weighted by molar-refractivity contribution is -0.131. The van der Waals surface area contributed by atoms with Gasteiger partial charge in [-0.15, -0.1) is 0 Å². The van der Waals surface area contributed by atoms with Crippen molar-refractivity contribution in [3.8, 4) is 0 Å². The van der Waals surface area contributed by atoms with Gasteiger partial charge >= 0.3 is 12.4 Å². The number of carboxylic acid groups (broad SMARTS) is 1. The first-order chi connectivity index (χ1) is 4.16. The summed E-state index contributed by atoms with van der Waals surface area (Å²) >= 11 is 0. The Morgan fingerprint density at radius 2 is 2.33 bits per heavy atom. The van der Waals surface area contributed by atoms with Crippen molar-refractivity contribution in [1.29, 1.82) is 0 Å². The molecule has 0 saturated heterocycles. The number of allylic oxidation sites excluding steroid dienone is 1. The van der Waals surface area contributed by atoms with Gasteiger partial charge in [-0.2, -0.15) is 0 Å². The fourth-order valence-electron chi connectivity index (χ4n) is 0.302. The molecule has 0 spiro atoms. The maximum absolute atomic E-state index is 9.84. The van der Waals surface area contributed by atoms with Gasteiger partial charge < -0.3 is 10.4 Å². The van der Waals surface area contributed by atoms with E-state index in [4.69, 9.17) is 5.11 Å². The van der Waals surface area contributed by atoms with E-state index in [0.717, 1.165) is 6.08 Å². The number of carboxylic acids is 1. The zero-order valence-electron chi connectivity index (χ0n) is 4.84. The Labute approximate surface area is 52.2 Å². The Morgan fingerprint density at radius 1 is 1.78 bits per heavy atom. The van der Waals surface area contributed by atoms with Crippen molar-refractivity contribution in [1.82, 2.24) is 5.32 Å². The molecule has 0 aliphatic carbocycles. The molecule has 0 aromatic heterocycles. The molecule has 1 amide bonds. The molecule has 9 heavy (non-hydrogen) atoms. The molecule has 0 aliphatic rings. The zero-order chi connectivity index (χ0) is 7.28. The molecule has 0 aliphatic heterocycles. The predicted molar refractivity (Wildman–Crippen MR) is 30.2 cm³/mol. The van der Waals surface area contributed by atoms with E-state index in [2.05, 4.69) is 5.32 Å². The van der Waals surface area contributed by atoms with E-state index in [-0.39, 0.29) is 5.70 Å². The van der Waals surface area contributed by atoms with E-state index >= 15 is 0 Å². The Morgan fingerprint density at radius 3 is 2.67 bits per heavy atom. The highest BCUT2D eigenvalue weighted by atomic mass is 16.4. The molecule has 0 saturated carbocycles. The lowest BCUT2D eigenvalue weighted by atomic mass is 10.4. The molecule has 0 aromatic rings. The molecule has 0 aromatic carbocycles. The van der Waals surface area contributed by atoms with Crippen LogP contribution >= 0.6 is 0 Å². The maximum atomic E-state index is 9.84. The van der Waals surface area contributed by atoms with Gasteiger partial charge in [-0.25, -0.2) is 4.79 Å². The van der Waals surface area contributed by atoms with Crippen molar-refractivity contribution in [3.05, 3.63) is 11.8 Å². The molecule has 0 fully saturated rings. The molecule has 4 nitrogen and oxygen atoms in total. The first kappa shape index (κ1) is 7.68. The fourth-order valence-corrected chi connectivity index (χ4v) is 0.302. The van der Waals surface area contributed by atoms with Gasteiger partial charge in [-0.3, -0.25) is 4.79 Å². The van der Waals surface area contributed by atoms with Gasteiger partial charge in [0.1, 0.15) is 0 Å². The molecule has 4 heteroatoms. The van der Waals surface area contributed by atoms with E-state index in [9.17, 15) is 9.59 Å². The summed E-state index contributed by atoms with van der Waals surface area (Å²) in [5.41, 5.74) is 0.262. The highest BCUT2D eigenvalue weighted by molar-refractivity contribution is 5.80. The van der Waals surface area contributed by atoms with Crippen molar-refractivity contribution in [2.24, 2.45) is 0 Å². The van der Waals surface area contributed by atoms with Crippen LogP contribution in [0.25, 0.3) is 0 Å². The maximum Gasteiger partial charge on any atom is 0.330 e. The number of hydrogen-bond acceptors (Lipinski definition) is 2. The molecule has 1 radical (unpaired) electrons. The summed E-state index contributed by atoms with van der Waals surface area (Å²) in [5, 5.41) is 10.1. The standard InChI is InChI=1S/C5H6NO3/c1-4(6-3-7)2-5(8)9/h2H,1H3,(H,6,7)(H,8,9)/b4-2-. The van der Waals surface area contributed by atoms with Crippen molar-refractivity contribution in [2.75, 3.05) is 0 Å². The molecule has 0 heterocycles. The van der Waals surface area contributed by atoms with Crippen LogP contribution in [-0.2, 0) is 9.59 Å². The second kappa shape index (κ2) is 3.65. The normalized spacial score (nSPS) is 10.6. The molecule has 2 N–H and O–H groups in total. The summed E-state index contributed by atoms with van der Waals surface area (Å²) in [6.07, 6.45) is 2.22. The summed E-state index contributed by atoms with van der Waals surface area (Å²) in [6, 6.07) is 0. The van der Waals surface area contributed by atoms with E-state index in [1.54, 1.807) is 0 Å². The van der Waals surface area contributed by atoms with Crippen molar-refractivity contribution < 1.29 is 14.7 Å². The minimum atomic E-state index is -1.09. The van der Waals surface area contributed by atoms with E-state index in [1.807, 2.05) is 0 Å². The number of carbonyl (C=O) groups is 1. The molecule has 0 rings (SSSR count). The molecular formula is C5H6NO3. The largest absolute Gasteiger partial charge is 0.478 e. The topological polar surface area (TPSA) is 66.4 Å². The number of aliphatic carboxylic acids is 1. The monoisotopic (exact) mass is 128 g/mol. The number of amides is 1. The second-order valence-electron chi connectivity index (χ2n) is 1.39. The molecular weight excluding hydrogens is 122 g/mol. The quantitative estimate of drug-likeness (QED) is 0.402. The first-order valence-electron chi connectivity index (χ1n) is 2.21. The van der Waals surface area contributed by atoms with Crippen molar-refractivity contribution in [2.45, 2.75) is 6.92 Å². The van der Waals surface area contributed by atoms with Gasteiger partial charge in [-0.1, -0.05) is 0 Å². The van der Waals surface area contributed by atoms with Gasteiger partial charge in [0.15, 0.2) is 0 Å². The van der Waals surface area contributed by atoms with E-state index < -0.39 is 5.97 Å². The third-order valence-corrected chi connectivity index (χ3v) is 0.588. The summed E-state index contributed by atoms with van der Waals surface area (Å²) in [4.78, 5) is 19.4. The minimum Gasteiger partial charge on any atom is -0.478 e. The van der Waals surface area contributed by atoms with Gasteiger partial charge in [0.25, 0.3) is 0 Å². The molecule has 0 atom stereocenters. The van der Waals surface area contributed by atoms with Crippen LogP contribution in [-0.4, -0.2) is 17.5 Å². The summed E-state index contributed by atoms with van der Waals surface area (Å²) < 4.78 is 0. The average molecular weight is 128 g/mol. The second-order valence-corrected chi connectivity index (χ2v) is 1.39. The predicted octanol–water partition coefficient (Wildman–Crippen LogP) is -0.368. The Kier molecular flexibility index (Phi) is 3.12. The first-order valence-corrected chi connectivity index (χ1v) is 2.21. The minimum absolute atomic E-state index is 0.262. The third kappa shape index (κ3) is 4.53. The van der Waals surface area contributed by atoms with E-state index in [0.29, 0.717) is 0 Å². The number of nitrogens with one attached hydrogen (secondary N) is 1. The SMILES string of the molecule is C/C(=C/C(=O)O)N[C]=O. The fraction of sp³-hybridized carbons (Fsp3) is 0.200. The van der Waals surface area contributed by atoms with Crippen LogP contribution in [0.15, 0.2) is 11.8 Å². The van der Waals surface area contributed by atoms with Crippen LogP contribution in [0.4, 0.5) is 0 Å². The number of hydrogen-bond donors (Lipinski definition) is 2. The average Bonchev–Trinajstić information content (AvgIpc) is 1.63. The number of rotatable bonds is 3. The van der Waals surface area contributed by atoms with Crippen LogP contribution in [0.5, 0.6) is 0 Å². The Bertz CT molecular complexity index is 150. The van der Waals surface area contributed by atoms with Crippen LogP contribution in [0.1, 0.15) is 6.92 Å². The highest BCUT2D eigenvalue weighted by Crippen LogP contribution is 1.81. The zero-order valence-corrected chi connectivity index (χ0v) is 4.84. The lowest BCUT2D eigenvalue weighted by Crippen LogP contribution is -2.08. The molecule has 0 unspecified atom stereocenters. The Balaban J connectivity index is 3.83. The van der Waals surface area contributed by atoms with E-state index in [1.165, 1.54) is 13.3 Å². The highest BCUT2D eigenvalue weighted by Gasteiger charge is 1.90. The van der Waals surface area contributed by atoms with Gasteiger partial charge in [0.05, 0.1) is 0 Å². The summed E-state index contributed by atoms with van der Waals surface area (Å²) in [5.74, 6) is -1.09. The van der Waals surface area contributed by atoms with Crippen LogP contribution < -0.4 is 5.32 Å². The molecule has 49 valence electrons. The summed E-state index contributed by atoms with van der Waals surface area (Å²) in [6.45, 7) is 1.46. The van der Waals surface area contributed by atoms with Gasteiger partial charge in [-0.05, 0) is 6.92 Å². The van der Waals surface area contributed by atoms with Gasteiger partial charge in [0.2, 0.25) is 0 Å². The molecule has 0 bridgehead atoms. The Hall–Kier alpha value is -1.32. The summed E-state index contributed by atoms with van der Waals surface area (Å²) in [7, 11) is 0.